The van der Waals surface area contributed by atoms with E-state index in [2.05, 4.69) is 4.98 Å². The lowest BCUT2D eigenvalue weighted by Crippen LogP contribution is -1.91. The maximum absolute atomic E-state index is 13.1. The first-order valence-electron chi connectivity index (χ1n) is 8.10. The molecule has 0 unspecified atom stereocenters. The Morgan fingerprint density at radius 3 is 2.15 bits per heavy atom. The van der Waals surface area contributed by atoms with E-state index >= 15 is 0 Å². The molecule has 3 aromatic carbocycles. The van der Waals surface area contributed by atoms with Crippen LogP contribution in [0.5, 0.6) is 11.5 Å². The van der Waals surface area contributed by atoms with Crippen LogP contribution < -0.4 is 4.74 Å². The Morgan fingerprint density at radius 1 is 0.808 bits per heavy atom. The number of aromatic amines is 1. The molecule has 1 N–H and O–H groups in total. The molecule has 26 heavy (non-hydrogen) atoms. The number of nitrogens with one attached hydrogen (secondary N) is 1. The highest BCUT2D eigenvalue weighted by atomic mass is 32.1. The molecule has 4 aromatic rings. The molecule has 1 aromatic heterocycles. The summed E-state index contributed by atoms with van der Waals surface area (Å²) in [6.07, 6.45) is 1.91. The normalized spacial score (nSPS) is 10.7. The van der Waals surface area contributed by atoms with Crippen LogP contribution in [0.25, 0.3) is 16.9 Å². The zero-order chi connectivity index (χ0) is 17.9. The molecule has 128 valence electrons. The van der Waals surface area contributed by atoms with Gasteiger partial charge in [-0.1, -0.05) is 18.2 Å². The SMILES string of the molecule is Fc1ccc(-n2cc(-c3ccc(Oc4ccccc4)cc3)[nH]c2=S)cc1. The molecule has 0 aliphatic heterocycles. The van der Waals surface area contributed by atoms with Gasteiger partial charge in [0.2, 0.25) is 0 Å². The number of hydrogen-bond acceptors (Lipinski definition) is 2. The summed E-state index contributed by atoms with van der Waals surface area (Å²) in [7, 11) is 0. The predicted molar refractivity (Wildman–Crippen MR) is 103 cm³/mol. The van der Waals surface area contributed by atoms with Crippen molar-refractivity contribution < 1.29 is 9.13 Å². The fourth-order valence-corrected chi connectivity index (χ4v) is 2.93. The number of benzene rings is 3. The second-order valence-corrected chi connectivity index (χ2v) is 6.15. The minimum absolute atomic E-state index is 0.273. The molecule has 4 rings (SSSR count). The number of nitrogens with zero attached hydrogens (tertiary/aromatic N) is 1. The number of para-hydroxylation sites is 1. The van der Waals surface area contributed by atoms with Crippen LogP contribution in [0, 0.1) is 10.6 Å². The van der Waals surface area contributed by atoms with Gasteiger partial charge in [-0.3, -0.25) is 4.57 Å². The molecule has 0 saturated carbocycles. The molecule has 0 aliphatic carbocycles. The van der Waals surface area contributed by atoms with Gasteiger partial charge in [-0.25, -0.2) is 4.39 Å². The fourth-order valence-electron chi connectivity index (χ4n) is 2.66. The van der Waals surface area contributed by atoms with Crippen LogP contribution >= 0.6 is 12.2 Å². The van der Waals surface area contributed by atoms with E-state index in [1.807, 2.05) is 65.4 Å². The topological polar surface area (TPSA) is 29.9 Å². The van der Waals surface area contributed by atoms with Crippen LogP contribution in [0.1, 0.15) is 0 Å². The van der Waals surface area contributed by atoms with Gasteiger partial charge in [0.1, 0.15) is 17.3 Å². The van der Waals surface area contributed by atoms with Gasteiger partial charge in [0.25, 0.3) is 0 Å². The molecule has 3 nitrogen and oxygen atoms in total. The van der Waals surface area contributed by atoms with Crippen molar-refractivity contribution in [3.05, 3.63) is 95.6 Å². The van der Waals surface area contributed by atoms with Crippen molar-refractivity contribution in [1.29, 1.82) is 0 Å². The summed E-state index contributed by atoms with van der Waals surface area (Å²) >= 11 is 5.39. The Bertz CT molecular complexity index is 1070. The molecular weight excluding hydrogens is 347 g/mol. The Hall–Kier alpha value is -3.18. The monoisotopic (exact) mass is 362 g/mol. The maximum Gasteiger partial charge on any atom is 0.182 e. The summed E-state index contributed by atoms with van der Waals surface area (Å²) in [5.74, 6) is 1.28. The first kappa shape index (κ1) is 16.3. The number of rotatable bonds is 4. The molecule has 0 saturated heterocycles. The second kappa shape index (κ2) is 6.98. The average molecular weight is 362 g/mol. The number of aromatic nitrogens is 2. The number of imidazole rings is 1. The van der Waals surface area contributed by atoms with Gasteiger partial charge in [0.15, 0.2) is 4.77 Å². The average Bonchev–Trinajstić information content (AvgIpc) is 3.06. The van der Waals surface area contributed by atoms with E-state index in [9.17, 15) is 4.39 Å². The van der Waals surface area contributed by atoms with E-state index in [0.29, 0.717) is 4.77 Å². The van der Waals surface area contributed by atoms with Gasteiger partial charge in [-0.2, -0.15) is 0 Å². The number of halogens is 1. The summed E-state index contributed by atoms with van der Waals surface area (Å²) in [6, 6.07) is 23.6. The van der Waals surface area contributed by atoms with Crippen molar-refractivity contribution in [3.8, 4) is 28.4 Å². The van der Waals surface area contributed by atoms with Gasteiger partial charge in [0.05, 0.1) is 5.69 Å². The van der Waals surface area contributed by atoms with E-state index in [4.69, 9.17) is 17.0 Å². The van der Waals surface area contributed by atoms with Crippen LogP contribution in [0.15, 0.2) is 85.1 Å². The van der Waals surface area contributed by atoms with E-state index in [1.54, 1.807) is 12.1 Å². The summed E-state index contributed by atoms with van der Waals surface area (Å²) in [5, 5.41) is 0. The summed E-state index contributed by atoms with van der Waals surface area (Å²) in [4.78, 5) is 3.19. The highest BCUT2D eigenvalue weighted by Gasteiger charge is 2.06. The van der Waals surface area contributed by atoms with Crippen molar-refractivity contribution in [2.24, 2.45) is 0 Å². The first-order chi connectivity index (χ1) is 12.7. The lowest BCUT2D eigenvalue weighted by Gasteiger charge is -2.06. The number of ether oxygens (including phenoxy) is 1. The van der Waals surface area contributed by atoms with Crippen LogP contribution in [-0.4, -0.2) is 9.55 Å². The summed E-state index contributed by atoms with van der Waals surface area (Å²) in [5.41, 5.74) is 2.67. The molecule has 5 heteroatoms. The van der Waals surface area contributed by atoms with Gasteiger partial charge < -0.3 is 9.72 Å². The van der Waals surface area contributed by atoms with Crippen LogP contribution in [0.2, 0.25) is 0 Å². The van der Waals surface area contributed by atoms with Gasteiger partial charge in [-0.05, 0) is 78.4 Å². The molecule has 0 spiro atoms. The van der Waals surface area contributed by atoms with E-state index < -0.39 is 0 Å². The Balaban J connectivity index is 1.59. The lowest BCUT2D eigenvalue weighted by atomic mass is 10.1. The molecule has 0 fully saturated rings. The standard InChI is InChI=1S/C21H15FN2OS/c22-16-8-10-17(11-9-16)24-14-20(23-21(24)26)15-6-12-19(13-7-15)25-18-4-2-1-3-5-18/h1-14H,(H,23,26). The third-order valence-electron chi connectivity index (χ3n) is 3.97. The number of H-pyrrole nitrogens is 1. The second-order valence-electron chi connectivity index (χ2n) is 5.76. The molecule has 0 radical (unpaired) electrons. The van der Waals surface area contributed by atoms with Crippen molar-refractivity contribution in [1.82, 2.24) is 9.55 Å². The quantitative estimate of drug-likeness (QED) is 0.442. The largest absolute Gasteiger partial charge is 0.457 e. The smallest absolute Gasteiger partial charge is 0.182 e. The summed E-state index contributed by atoms with van der Waals surface area (Å²) in [6.45, 7) is 0. The highest BCUT2D eigenvalue weighted by Crippen LogP contribution is 2.25. The van der Waals surface area contributed by atoms with Gasteiger partial charge >= 0.3 is 0 Å². The molecule has 0 amide bonds. The van der Waals surface area contributed by atoms with E-state index in [0.717, 1.165) is 28.4 Å². The van der Waals surface area contributed by atoms with Crippen molar-refractivity contribution in [3.63, 3.8) is 0 Å². The lowest BCUT2D eigenvalue weighted by molar-refractivity contribution is 0.483. The Morgan fingerprint density at radius 2 is 1.46 bits per heavy atom. The minimum atomic E-state index is -0.273. The summed E-state index contributed by atoms with van der Waals surface area (Å²) < 4.78 is 21.3. The fraction of sp³-hybridized carbons (Fsp3) is 0. The van der Waals surface area contributed by atoms with Crippen molar-refractivity contribution in [2.45, 2.75) is 0 Å². The van der Waals surface area contributed by atoms with Gasteiger partial charge in [-0.15, -0.1) is 0 Å². The Kier molecular flexibility index (Phi) is 4.37. The molecule has 1 heterocycles. The maximum atomic E-state index is 13.1. The third-order valence-corrected chi connectivity index (χ3v) is 4.27. The van der Waals surface area contributed by atoms with Crippen LogP contribution in [0.4, 0.5) is 4.39 Å². The Labute approximate surface area is 155 Å². The highest BCUT2D eigenvalue weighted by molar-refractivity contribution is 7.71. The minimum Gasteiger partial charge on any atom is -0.457 e. The first-order valence-corrected chi connectivity index (χ1v) is 8.51. The zero-order valence-corrected chi connectivity index (χ0v) is 14.5. The molecule has 0 atom stereocenters. The van der Waals surface area contributed by atoms with Crippen molar-refractivity contribution in [2.75, 3.05) is 0 Å². The van der Waals surface area contributed by atoms with E-state index in [-0.39, 0.29) is 5.82 Å². The van der Waals surface area contributed by atoms with Crippen LogP contribution in [0.3, 0.4) is 0 Å². The zero-order valence-electron chi connectivity index (χ0n) is 13.7. The van der Waals surface area contributed by atoms with E-state index in [1.165, 1.54) is 12.1 Å². The number of hydrogen-bond donors (Lipinski definition) is 1. The third kappa shape index (κ3) is 3.43. The molecule has 0 aliphatic rings. The molecular formula is C21H15FN2OS. The predicted octanol–water partition coefficient (Wildman–Crippen LogP) is 6.13. The van der Waals surface area contributed by atoms with Gasteiger partial charge in [0, 0.05) is 11.9 Å². The van der Waals surface area contributed by atoms with Crippen LogP contribution in [-0.2, 0) is 0 Å². The molecule has 0 bridgehead atoms. The van der Waals surface area contributed by atoms with Crippen molar-refractivity contribution >= 4 is 12.2 Å².